The Morgan fingerprint density at radius 3 is 2.43 bits per heavy atom. The Morgan fingerprint density at radius 1 is 1.19 bits per heavy atom. The molecule has 0 radical (unpaired) electrons. The van der Waals surface area contributed by atoms with E-state index < -0.39 is 10.0 Å². The van der Waals surface area contributed by atoms with E-state index in [0.29, 0.717) is 10.7 Å². The Labute approximate surface area is 128 Å². The molecule has 0 aliphatic rings. The zero-order chi connectivity index (χ0) is 15.5. The van der Waals surface area contributed by atoms with Crippen LogP contribution in [0.3, 0.4) is 0 Å². The van der Waals surface area contributed by atoms with Crippen LogP contribution in [-0.4, -0.2) is 8.42 Å². The first-order chi connectivity index (χ1) is 9.92. The van der Waals surface area contributed by atoms with E-state index in [1.54, 1.807) is 24.3 Å². The summed E-state index contributed by atoms with van der Waals surface area (Å²) >= 11 is 5.75. The van der Waals surface area contributed by atoms with Crippen LogP contribution < -0.4 is 10.5 Å². The van der Waals surface area contributed by atoms with Gasteiger partial charge in [0.1, 0.15) is 4.90 Å². The standard InChI is InChI=1S/C14H12ClN3O2S/c15-11-3-6-14(13(17)9-11)21(19,20)18-12-4-1-10(2-5-12)7-8-16/h1-6,9,18H,7,17H2. The van der Waals surface area contributed by atoms with Crippen LogP contribution in [0.5, 0.6) is 0 Å². The van der Waals surface area contributed by atoms with Crippen molar-refractivity contribution in [2.45, 2.75) is 11.3 Å². The number of sulfonamides is 1. The Kier molecular flexibility index (Phi) is 4.36. The molecule has 0 heterocycles. The summed E-state index contributed by atoms with van der Waals surface area (Å²) in [5, 5.41) is 8.96. The van der Waals surface area contributed by atoms with Crippen molar-refractivity contribution in [2.75, 3.05) is 10.5 Å². The van der Waals surface area contributed by atoms with Gasteiger partial charge in [-0.15, -0.1) is 0 Å². The van der Waals surface area contributed by atoms with Crippen molar-refractivity contribution in [3.8, 4) is 6.07 Å². The number of anilines is 2. The zero-order valence-corrected chi connectivity index (χ0v) is 12.4. The van der Waals surface area contributed by atoms with Gasteiger partial charge in [-0.25, -0.2) is 8.42 Å². The van der Waals surface area contributed by atoms with E-state index in [1.807, 2.05) is 6.07 Å². The minimum atomic E-state index is -3.78. The minimum absolute atomic E-state index is 0.0343. The van der Waals surface area contributed by atoms with Gasteiger partial charge in [-0.3, -0.25) is 4.72 Å². The molecule has 0 bridgehead atoms. The molecule has 0 fully saturated rings. The maximum absolute atomic E-state index is 12.3. The number of halogens is 1. The Balaban J connectivity index is 2.27. The van der Waals surface area contributed by atoms with Crippen molar-refractivity contribution in [3.05, 3.63) is 53.1 Å². The lowest BCUT2D eigenvalue weighted by Gasteiger charge is -2.10. The summed E-state index contributed by atoms with van der Waals surface area (Å²) in [7, 11) is -3.78. The number of benzene rings is 2. The molecule has 2 aromatic rings. The summed E-state index contributed by atoms with van der Waals surface area (Å²) in [5.74, 6) is 0. The predicted octanol–water partition coefficient (Wildman–Crippen LogP) is 2.79. The Bertz CT molecular complexity index is 796. The van der Waals surface area contributed by atoms with Gasteiger partial charge in [0.15, 0.2) is 0 Å². The van der Waals surface area contributed by atoms with Crippen molar-refractivity contribution in [1.29, 1.82) is 5.26 Å². The highest BCUT2D eigenvalue weighted by Gasteiger charge is 2.17. The number of hydrogen-bond acceptors (Lipinski definition) is 4. The molecule has 5 nitrogen and oxygen atoms in total. The van der Waals surface area contributed by atoms with Crippen molar-refractivity contribution >= 4 is 33.0 Å². The molecule has 3 N–H and O–H groups in total. The van der Waals surface area contributed by atoms with Gasteiger partial charge in [0.25, 0.3) is 10.0 Å². The molecule has 21 heavy (non-hydrogen) atoms. The van der Waals surface area contributed by atoms with E-state index >= 15 is 0 Å². The molecule has 108 valence electrons. The fourth-order valence-corrected chi connectivity index (χ4v) is 3.11. The smallest absolute Gasteiger partial charge is 0.263 e. The number of nitriles is 1. The van der Waals surface area contributed by atoms with Crippen LogP contribution >= 0.6 is 11.6 Å². The third-order valence-corrected chi connectivity index (χ3v) is 4.44. The number of nitrogens with two attached hydrogens (primary N) is 1. The topological polar surface area (TPSA) is 96.0 Å². The molecule has 2 rings (SSSR count). The lowest BCUT2D eigenvalue weighted by molar-refractivity contribution is 0.601. The second-order valence-electron chi connectivity index (χ2n) is 4.32. The van der Waals surface area contributed by atoms with Gasteiger partial charge >= 0.3 is 0 Å². The monoisotopic (exact) mass is 321 g/mol. The summed E-state index contributed by atoms with van der Waals surface area (Å²) in [6, 6.07) is 12.8. The van der Waals surface area contributed by atoms with Gasteiger partial charge in [-0.05, 0) is 35.9 Å². The number of nitrogens with zero attached hydrogens (tertiary/aromatic N) is 1. The molecule has 0 unspecified atom stereocenters. The van der Waals surface area contributed by atoms with Gasteiger partial charge in [-0.1, -0.05) is 23.7 Å². The van der Waals surface area contributed by atoms with Gasteiger partial charge < -0.3 is 5.73 Å². The lowest BCUT2D eigenvalue weighted by Crippen LogP contribution is -2.14. The number of nitrogen functional groups attached to an aromatic ring is 1. The first-order valence-corrected chi connectivity index (χ1v) is 7.82. The van der Waals surface area contributed by atoms with Crippen LogP contribution in [-0.2, 0) is 16.4 Å². The quantitative estimate of drug-likeness (QED) is 0.846. The second kappa shape index (κ2) is 6.04. The summed E-state index contributed by atoms with van der Waals surface area (Å²) in [4.78, 5) is -0.0343. The van der Waals surface area contributed by atoms with Crippen LogP contribution in [0.2, 0.25) is 5.02 Å². The highest BCUT2D eigenvalue weighted by Crippen LogP contribution is 2.24. The maximum Gasteiger partial charge on any atom is 0.263 e. The molecule has 0 aliphatic carbocycles. The fraction of sp³-hybridized carbons (Fsp3) is 0.0714. The third-order valence-electron chi connectivity index (χ3n) is 2.75. The SMILES string of the molecule is N#CCc1ccc(NS(=O)(=O)c2ccc(Cl)cc2N)cc1. The first kappa shape index (κ1) is 15.2. The largest absolute Gasteiger partial charge is 0.398 e. The molecule has 0 aromatic heterocycles. The van der Waals surface area contributed by atoms with Gasteiger partial charge in [0.2, 0.25) is 0 Å². The molecule has 2 aromatic carbocycles. The van der Waals surface area contributed by atoms with E-state index in [2.05, 4.69) is 4.72 Å². The number of nitrogens with one attached hydrogen (secondary N) is 1. The van der Waals surface area contributed by atoms with Crippen molar-refractivity contribution in [2.24, 2.45) is 0 Å². The molecule has 0 saturated heterocycles. The molecular weight excluding hydrogens is 310 g/mol. The number of rotatable bonds is 4. The summed E-state index contributed by atoms with van der Waals surface area (Å²) < 4.78 is 26.9. The van der Waals surface area contributed by atoms with E-state index in [0.717, 1.165) is 5.56 Å². The van der Waals surface area contributed by atoms with Crippen LogP contribution in [0, 0.1) is 11.3 Å². The van der Waals surface area contributed by atoms with Crippen molar-refractivity contribution < 1.29 is 8.42 Å². The van der Waals surface area contributed by atoms with Gasteiger partial charge in [0, 0.05) is 10.7 Å². The molecule has 0 aliphatic heterocycles. The van der Waals surface area contributed by atoms with E-state index in [9.17, 15) is 8.42 Å². The van der Waals surface area contributed by atoms with Crippen molar-refractivity contribution in [1.82, 2.24) is 0 Å². The van der Waals surface area contributed by atoms with Gasteiger partial charge in [0.05, 0.1) is 18.2 Å². The predicted molar refractivity (Wildman–Crippen MR) is 82.4 cm³/mol. The molecule has 7 heteroatoms. The maximum atomic E-state index is 12.3. The second-order valence-corrected chi connectivity index (χ2v) is 6.41. The average molecular weight is 322 g/mol. The molecule has 0 atom stereocenters. The van der Waals surface area contributed by atoms with Crippen molar-refractivity contribution in [3.63, 3.8) is 0 Å². The van der Waals surface area contributed by atoms with Crippen LogP contribution in [0.1, 0.15) is 5.56 Å². The van der Waals surface area contributed by atoms with Crippen LogP contribution in [0.15, 0.2) is 47.4 Å². The Morgan fingerprint density at radius 2 is 1.86 bits per heavy atom. The van der Waals surface area contributed by atoms with E-state index in [4.69, 9.17) is 22.6 Å². The molecular formula is C14H12ClN3O2S. The molecule has 0 spiro atoms. The summed E-state index contributed by atoms with van der Waals surface area (Å²) in [6.45, 7) is 0. The minimum Gasteiger partial charge on any atom is -0.398 e. The summed E-state index contributed by atoms with van der Waals surface area (Å²) in [5.41, 5.74) is 6.97. The van der Waals surface area contributed by atoms with E-state index in [1.165, 1.54) is 18.2 Å². The fourth-order valence-electron chi connectivity index (χ4n) is 1.76. The zero-order valence-electron chi connectivity index (χ0n) is 10.9. The summed E-state index contributed by atoms with van der Waals surface area (Å²) in [6.07, 6.45) is 0.275. The molecule has 0 amide bonds. The van der Waals surface area contributed by atoms with E-state index in [-0.39, 0.29) is 17.0 Å². The highest BCUT2D eigenvalue weighted by molar-refractivity contribution is 7.92. The van der Waals surface area contributed by atoms with Crippen LogP contribution in [0.4, 0.5) is 11.4 Å². The molecule has 0 saturated carbocycles. The highest BCUT2D eigenvalue weighted by atomic mass is 35.5. The van der Waals surface area contributed by atoms with Gasteiger partial charge in [-0.2, -0.15) is 5.26 Å². The van der Waals surface area contributed by atoms with Crippen LogP contribution in [0.25, 0.3) is 0 Å². The lowest BCUT2D eigenvalue weighted by atomic mass is 10.1. The Hall–Kier alpha value is -2.23. The normalized spacial score (nSPS) is 10.9. The number of hydrogen-bond donors (Lipinski definition) is 2. The third kappa shape index (κ3) is 3.66. The first-order valence-electron chi connectivity index (χ1n) is 5.96. The average Bonchev–Trinajstić information content (AvgIpc) is 2.40.